The highest BCUT2D eigenvalue weighted by atomic mass is 32.1. The molecule has 3 aromatic rings. The molecule has 0 spiro atoms. The van der Waals surface area contributed by atoms with Crippen LogP contribution in [0.25, 0.3) is 10.6 Å². The quantitative estimate of drug-likeness (QED) is 0.618. The van der Waals surface area contributed by atoms with Crippen LogP contribution in [0.3, 0.4) is 0 Å². The van der Waals surface area contributed by atoms with Crippen LogP contribution in [0.4, 0.5) is 0 Å². The lowest BCUT2D eigenvalue weighted by Crippen LogP contribution is -2.26. The van der Waals surface area contributed by atoms with Crippen molar-refractivity contribution in [1.82, 2.24) is 10.1 Å². The molecule has 1 atom stereocenters. The number of ether oxygens (including phenoxy) is 1. The molecule has 0 aromatic carbocycles. The molecule has 0 saturated carbocycles. The topological polar surface area (TPSA) is 85.8 Å². The average Bonchev–Trinajstić information content (AvgIpc) is 3.42. The van der Waals surface area contributed by atoms with E-state index in [0.29, 0.717) is 30.3 Å². The molecule has 1 aliphatic rings. The van der Waals surface area contributed by atoms with Crippen LogP contribution >= 0.6 is 11.3 Å². The van der Waals surface area contributed by atoms with E-state index >= 15 is 0 Å². The summed E-state index contributed by atoms with van der Waals surface area (Å²) in [6.45, 7) is 0.720. The zero-order valence-electron chi connectivity index (χ0n) is 13.8. The van der Waals surface area contributed by atoms with E-state index in [4.69, 9.17) is 13.7 Å². The zero-order valence-corrected chi connectivity index (χ0v) is 14.6. The Labute approximate surface area is 153 Å². The molecule has 26 heavy (non-hydrogen) atoms. The summed E-state index contributed by atoms with van der Waals surface area (Å²) < 4.78 is 15.8. The minimum atomic E-state index is -0.471. The summed E-state index contributed by atoms with van der Waals surface area (Å²) in [6.07, 6.45) is 1.71. The van der Waals surface area contributed by atoms with Crippen LogP contribution in [0.1, 0.15) is 17.9 Å². The molecular formula is C18H16N2O5S. The predicted octanol–water partition coefficient (Wildman–Crippen LogP) is 3.09. The van der Waals surface area contributed by atoms with Gasteiger partial charge in [0.25, 0.3) is 0 Å². The molecule has 4 rings (SSSR count). The van der Waals surface area contributed by atoms with Crippen LogP contribution in [0.15, 0.2) is 50.9 Å². The van der Waals surface area contributed by atoms with Gasteiger partial charge in [-0.05, 0) is 23.6 Å². The molecule has 1 aliphatic heterocycles. The minimum Gasteiger partial charge on any atom is -0.467 e. The van der Waals surface area contributed by atoms with Gasteiger partial charge in [-0.15, -0.1) is 11.3 Å². The first-order chi connectivity index (χ1) is 12.7. The highest BCUT2D eigenvalue weighted by Crippen LogP contribution is 2.26. The van der Waals surface area contributed by atoms with Gasteiger partial charge in [0.15, 0.2) is 5.76 Å². The number of aromatic nitrogens is 1. The van der Waals surface area contributed by atoms with Crippen LogP contribution in [-0.2, 0) is 27.5 Å². The van der Waals surface area contributed by atoms with E-state index in [0.717, 1.165) is 4.88 Å². The summed E-state index contributed by atoms with van der Waals surface area (Å²) in [4.78, 5) is 26.9. The molecular weight excluding hydrogens is 356 g/mol. The third-order valence-electron chi connectivity index (χ3n) is 4.16. The molecule has 1 unspecified atom stereocenters. The van der Waals surface area contributed by atoms with Crippen molar-refractivity contribution in [2.75, 3.05) is 6.54 Å². The lowest BCUT2D eigenvalue weighted by molar-refractivity contribution is -0.149. The van der Waals surface area contributed by atoms with Crippen LogP contribution in [-0.4, -0.2) is 28.5 Å². The summed E-state index contributed by atoms with van der Waals surface area (Å²) >= 11 is 1.54. The Balaban J connectivity index is 1.30. The molecule has 7 nitrogen and oxygen atoms in total. The fourth-order valence-electron chi connectivity index (χ4n) is 2.85. The molecule has 0 bridgehead atoms. The maximum atomic E-state index is 12.3. The van der Waals surface area contributed by atoms with Crippen LogP contribution < -0.4 is 0 Å². The van der Waals surface area contributed by atoms with Gasteiger partial charge in [-0.3, -0.25) is 9.59 Å². The number of amides is 1. The second-order valence-corrected chi connectivity index (χ2v) is 6.97. The Morgan fingerprint density at radius 2 is 2.31 bits per heavy atom. The van der Waals surface area contributed by atoms with E-state index in [1.807, 2.05) is 17.5 Å². The molecule has 1 fully saturated rings. The summed E-state index contributed by atoms with van der Waals surface area (Å²) in [6, 6.07) is 9.17. The average molecular weight is 372 g/mol. The molecule has 1 amide bonds. The van der Waals surface area contributed by atoms with Gasteiger partial charge in [0.05, 0.1) is 23.6 Å². The van der Waals surface area contributed by atoms with Gasteiger partial charge in [-0.25, -0.2) is 0 Å². The lowest BCUT2D eigenvalue weighted by Gasteiger charge is -2.14. The largest absolute Gasteiger partial charge is 0.467 e. The number of carbonyl (C=O) groups is 2. The molecule has 8 heteroatoms. The van der Waals surface area contributed by atoms with Gasteiger partial charge in [0, 0.05) is 19.0 Å². The molecule has 1 saturated heterocycles. The normalized spacial score (nSPS) is 17.0. The number of thiophene rings is 1. The monoisotopic (exact) mass is 372 g/mol. The fraction of sp³-hybridized carbons (Fsp3) is 0.278. The number of furan rings is 1. The lowest BCUT2D eigenvalue weighted by atomic mass is 10.1. The summed E-state index contributed by atoms with van der Waals surface area (Å²) in [7, 11) is 0. The highest BCUT2D eigenvalue weighted by Gasteiger charge is 2.35. The number of esters is 1. The molecule has 0 aliphatic carbocycles. The van der Waals surface area contributed by atoms with E-state index in [1.54, 1.807) is 40.7 Å². The molecule has 134 valence electrons. The maximum absolute atomic E-state index is 12.3. The Hall–Kier alpha value is -2.87. The van der Waals surface area contributed by atoms with Crippen molar-refractivity contribution in [1.29, 1.82) is 0 Å². The van der Waals surface area contributed by atoms with Crippen molar-refractivity contribution in [3.8, 4) is 10.6 Å². The smallest absolute Gasteiger partial charge is 0.311 e. The third-order valence-corrected chi connectivity index (χ3v) is 5.04. The van der Waals surface area contributed by atoms with Gasteiger partial charge in [0.2, 0.25) is 5.91 Å². The number of nitrogens with zero attached hydrogens (tertiary/aromatic N) is 2. The Kier molecular flexibility index (Phi) is 4.57. The van der Waals surface area contributed by atoms with Crippen molar-refractivity contribution >= 4 is 23.2 Å². The Morgan fingerprint density at radius 3 is 3.08 bits per heavy atom. The number of rotatable bonds is 6. The van der Waals surface area contributed by atoms with Gasteiger partial charge >= 0.3 is 5.97 Å². The second-order valence-electron chi connectivity index (χ2n) is 6.02. The van der Waals surface area contributed by atoms with Crippen molar-refractivity contribution in [2.24, 2.45) is 5.92 Å². The maximum Gasteiger partial charge on any atom is 0.311 e. The van der Waals surface area contributed by atoms with E-state index in [-0.39, 0.29) is 18.9 Å². The molecule has 0 N–H and O–H groups in total. The first-order valence-electron chi connectivity index (χ1n) is 8.15. The summed E-state index contributed by atoms with van der Waals surface area (Å²) in [5, 5.41) is 5.86. The summed E-state index contributed by atoms with van der Waals surface area (Å²) in [5.74, 6) is 0.384. The van der Waals surface area contributed by atoms with Gasteiger partial charge in [0.1, 0.15) is 18.1 Å². The number of hydrogen-bond acceptors (Lipinski definition) is 7. The molecule has 4 heterocycles. The van der Waals surface area contributed by atoms with Gasteiger partial charge in [-0.1, -0.05) is 11.2 Å². The van der Waals surface area contributed by atoms with Gasteiger partial charge < -0.3 is 18.6 Å². The zero-order chi connectivity index (χ0) is 17.9. The second kappa shape index (κ2) is 7.17. The molecule has 3 aromatic heterocycles. The van der Waals surface area contributed by atoms with E-state index in [1.165, 1.54) is 0 Å². The highest BCUT2D eigenvalue weighted by molar-refractivity contribution is 7.13. The first kappa shape index (κ1) is 16.6. The van der Waals surface area contributed by atoms with E-state index in [2.05, 4.69) is 5.16 Å². The van der Waals surface area contributed by atoms with Crippen molar-refractivity contribution < 1.29 is 23.3 Å². The van der Waals surface area contributed by atoms with Crippen molar-refractivity contribution in [3.05, 3.63) is 53.4 Å². The molecule has 0 radical (unpaired) electrons. The Morgan fingerprint density at radius 1 is 1.38 bits per heavy atom. The SMILES string of the molecule is O=C(OCc1cc(-c2cccs2)on1)C1CC(=O)N(Cc2ccco2)C1. The van der Waals surface area contributed by atoms with Crippen LogP contribution in [0.5, 0.6) is 0 Å². The van der Waals surface area contributed by atoms with Gasteiger partial charge in [-0.2, -0.15) is 0 Å². The standard InChI is InChI=1S/C18H16N2O5S/c21-17-7-12(9-20(17)10-14-3-1-5-23-14)18(22)24-11-13-8-15(25-19-13)16-4-2-6-26-16/h1-6,8,12H,7,9-11H2. The first-order valence-corrected chi connectivity index (χ1v) is 9.03. The minimum absolute atomic E-state index is 0.0244. The van der Waals surface area contributed by atoms with E-state index < -0.39 is 11.9 Å². The Bertz CT molecular complexity index is 885. The van der Waals surface area contributed by atoms with Crippen LogP contribution in [0, 0.1) is 5.92 Å². The van der Waals surface area contributed by atoms with Crippen molar-refractivity contribution in [3.63, 3.8) is 0 Å². The number of hydrogen-bond donors (Lipinski definition) is 0. The predicted molar refractivity (Wildman–Crippen MR) is 91.8 cm³/mol. The summed E-state index contributed by atoms with van der Waals surface area (Å²) in [5.41, 5.74) is 0.540. The van der Waals surface area contributed by atoms with Crippen LogP contribution in [0.2, 0.25) is 0 Å². The van der Waals surface area contributed by atoms with Crippen molar-refractivity contribution in [2.45, 2.75) is 19.6 Å². The number of likely N-dealkylation sites (tertiary alicyclic amines) is 1. The number of carbonyl (C=O) groups excluding carboxylic acids is 2. The fourth-order valence-corrected chi connectivity index (χ4v) is 3.52. The van der Waals surface area contributed by atoms with E-state index in [9.17, 15) is 9.59 Å². The third kappa shape index (κ3) is 3.55.